The van der Waals surface area contributed by atoms with Crippen molar-refractivity contribution in [2.24, 2.45) is 0 Å². The van der Waals surface area contributed by atoms with E-state index in [2.05, 4.69) is 16.0 Å². The van der Waals surface area contributed by atoms with Crippen LogP contribution in [0.15, 0.2) is 0 Å². The summed E-state index contributed by atoms with van der Waals surface area (Å²) in [5, 5.41) is 9.89. The molecule has 3 N–H and O–H groups in total. The van der Waals surface area contributed by atoms with Crippen molar-refractivity contribution in [3.8, 4) is 0 Å². The van der Waals surface area contributed by atoms with Crippen molar-refractivity contribution in [3.63, 3.8) is 0 Å². The van der Waals surface area contributed by atoms with E-state index in [1.165, 1.54) is 6.42 Å². The Morgan fingerprint density at radius 2 is 1.60 bits per heavy atom. The van der Waals surface area contributed by atoms with Crippen LogP contribution in [0.1, 0.15) is 6.42 Å². The second-order valence-electron chi connectivity index (χ2n) is 2.87. The van der Waals surface area contributed by atoms with E-state index in [1.54, 1.807) is 0 Å². The zero-order valence-electron chi connectivity index (χ0n) is 6.78. The van der Waals surface area contributed by atoms with Gasteiger partial charge in [0.25, 0.3) is 0 Å². The number of hydrogen-bond acceptors (Lipinski definition) is 3. The fourth-order valence-electron chi connectivity index (χ4n) is 1.38. The molecule has 0 aromatic heterocycles. The van der Waals surface area contributed by atoms with Gasteiger partial charge >= 0.3 is 0 Å². The maximum absolute atomic E-state index is 3.36. The molecular formula is C7H17N3. The molecule has 1 saturated heterocycles. The van der Waals surface area contributed by atoms with Gasteiger partial charge in [0.05, 0.1) is 0 Å². The molecule has 2 unspecified atom stereocenters. The summed E-state index contributed by atoms with van der Waals surface area (Å²) in [6, 6.07) is 1.29. The van der Waals surface area contributed by atoms with Crippen LogP contribution in [-0.4, -0.2) is 39.3 Å². The lowest BCUT2D eigenvalue weighted by Crippen LogP contribution is -2.51. The van der Waals surface area contributed by atoms with E-state index in [0.29, 0.717) is 12.1 Å². The lowest BCUT2D eigenvalue weighted by Gasteiger charge is -2.29. The fraction of sp³-hybridized carbons (Fsp3) is 1.00. The van der Waals surface area contributed by atoms with Crippen molar-refractivity contribution in [1.82, 2.24) is 16.0 Å². The van der Waals surface area contributed by atoms with E-state index in [9.17, 15) is 0 Å². The van der Waals surface area contributed by atoms with E-state index >= 15 is 0 Å². The van der Waals surface area contributed by atoms with Crippen molar-refractivity contribution in [2.45, 2.75) is 18.5 Å². The summed E-state index contributed by atoms with van der Waals surface area (Å²) in [4.78, 5) is 0. The standard InChI is InChI=1S/C7H17N3/c1-8-6-3-7(9-2)5-10-4-6/h6-10H,3-5H2,1-2H3. The third-order valence-electron chi connectivity index (χ3n) is 2.17. The van der Waals surface area contributed by atoms with Gasteiger partial charge in [-0.3, -0.25) is 0 Å². The first kappa shape index (κ1) is 7.98. The molecule has 3 nitrogen and oxygen atoms in total. The molecule has 2 atom stereocenters. The highest BCUT2D eigenvalue weighted by atomic mass is 15.0. The van der Waals surface area contributed by atoms with Gasteiger partial charge in [-0.1, -0.05) is 0 Å². The van der Waals surface area contributed by atoms with Gasteiger partial charge < -0.3 is 16.0 Å². The molecule has 60 valence electrons. The third kappa shape index (κ3) is 1.94. The lowest BCUT2D eigenvalue weighted by molar-refractivity contribution is 0.343. The minimum atomic E-state index is 0.645. The minimum Gasteiger partial charge on any atom is -0.316 e. The third-order valence-corrected chi connectivity index (χ3v) is 2.17. The Balaban J connectivity index is 2.25. The molecular weight excluding hydrogens is 126 g/mol. The zero-order chi connectivity index (χ0) is 7.40. The highest BCUT2D eigenvalue weighted by molar-refractivity contribution is 4.82. The molecule has 1 heterocycles. The predicted octanol–water partition coefficient (Wildman–Crippen LogP) is -0.844. The lowest BCUT2D eigenvalue weighted by atomic mass is 10.0. The van der Waals surface area contributed by atoms with Crippen LogP contribution in [0.2, 0.25) is 0 Å². The van der Waals surface area contributed by atoms with Crippen LogP contribution in [0.25, 0.3) is 0 Å². The first-order valence-electron chi connectivity index (χ1n) is 3.92. The summed E-state index contributed by atoms with van der Waals surface area (Å²) in [6.07, 6.45) is 1.24. The molecule has 0 bridgehead atoms. The van der Waals surface area contributed by atoms with E-state index < -0.39 is 0 Å². The second kappa shape index (κ2) is 3.91. The van der Waals surface area contributed by atoms with Gasteiger partial charge in [0.1, 0.15) is 0 Å². The van der Waals surface area contributed by atoms with E-state index in [-0.39, 0.29) is 0 Å². The molecule has 0 spiro atoms. The van der Waals surface area contributed by atoms with Crippen molar-refractivity contribution in [3.05, 3.63) is 0 Å². The van der Waals surface area contributed by atoms with Gasteiger partial charge in [0.2, 0.25) is 0 Å². The topological polar surface area (TPSA) is 36.1 Å². The SMILES string of the molecule is CNC1CNCC(NC)C1. The van der Waals surface area contributed by atoms with Gasteiger partial charge in [0.15, 0.2) is 0 Å². The van der Waals surface area contributed by atoms with Crippen LogP contribution >= 0.6 is 0 Å². The fourth-order valence-corrected chi connectivity index (χ4v) is 1.38. The van der Waals surface area contributed by atoms with Crippen molar-refractivity contribution in [2.75, 3.05) is 27.2 Å². The summed E-state index contributed by atoms with van der Waals surface area (Å²) in [5.74, 6) is 0. The first-order chi connectivity index (χ1) is 4.86. The second-order valence-corrected chi connectivity index (χ2v) is 2.87. The quantitative estimate of drug-likeness (QED) is 0.471. The molecule has 1 aliphatic heterocycles. The zero-order valence-corrected chi connectivity index (χ0v) is 6.78. The van der Waals surface area contributed by atoms with Crippen LogP contribution in [-0.2, 0) is 0 Å². The Kier molecular flexibility index (Phi) is 3.12. The van der Waals surface area contributed by atoms with Crippen molar-refractivity contribution in [1.29, 1.82) is 0 Å². The molecule has 0 radical (unpaired) electrons. The molecule has 3 heteroatoms. The first-order valence-corrected chi connectivity index (χ1v) is 3.92. The van der Waals surface area contributed by atoms with Crippen molar-refractivity contribution < 1.29 is 0 Å². The summed E-state index contributed by atoms with van der Waals surface area (Å²) >= 11 is 0. The summed E-state index contributed by atoms with van der Waals surface area (Å²) in [6.45, 7) is 2.21. The minimum absolute atomic E-state index is 0.645. The molecule has 0 saturated carbocycles. The molecule has 1 fully saturated rings. The predicted molar refractivity (Wildman–Crippen MR) is 43.2 cm³/mol. The number of nitrogens with one attached hydrogen (secondary N) is 3. The molecule has 0 aromatic carbocycles. The average molecular weight is 143 g/mol. The molecule has 0 aliphatic carbocycles. The van der Waals surface area contributed by atoms with E-state index in [4.69, 9.17) is 0 Å². The summed E-state index contributed by atoms with van der Waals surface area (Å²) < 4.78 is 0. The molecule has 1 rings (SSSR count). The van der Waals surface area contributed by atoms with E-state index in [1.807, 2.05) is 14.1 Å². The Hall–Kier alpha value is -0.120. The molecule has 0 aromatic rings. The van der Waals surface area contributed by atoms with Crippen LogP contribution < -0.4 is 16.0 Å². The Labute approximate surface area is 62.6 Å². The number of hydrogen-bond donors (Lipinski definition) is 3. The number of rotatable bonds is 2. The smallest absolute Gasteiger partial charge is 0.0204 e. The Morgan fingerprint density at radius 1 is 1.10 bits per heavy atom. The maximum Gasteiger partial charge on any atom is 0.0204 e. The molecule has 1 aliphatic rings. The van der Waals surface area contributed by atoms with Crippen LogP contribution in [0.3, 0.4) is 0 Å². The molecule has 10 heavy (non-hydrogen) atoms. The van der Waals surface area contributed by atoms with Gasteiger partial charge in [-0.15, -0.1) is 0 Å². The highest BCUT2D eigenvalue weighted by Crippen LogP contribution is 2.00. The van der Waals surface area contributed by atoms with Gasteiger partial charge in [-0.05, 0) is 20.5 Å². The van der Waals surface area contributed by atoms with E-state index in [0.717, 1.165) is 13.1 Å². The average Bonchev–Trinajstić information content (AvgIpc) is 2.05. The van der Waals surface area contributed by atoms with Crippen LogP contribution in [0.4, 0.5) is 0 Å². The maximum atomic E-state index is 3.36. The Bertz CT molecular complexity index is 84.9. The van der Waals surface area contributed by atoms with Crippen LogP contribution in [0.5, 0.6) is 0 Å². The van der Waals surface area contributed by atoms with Gasteiger partial charge in [-0.25, -0.2) is 0 Å². The highest BCUT2D eigenvalue weighted by Gasteiger charge is 2.17. The largest absolute Gasteiger partial charge is 0.316 e. The normalized spacial score (nSPS) is 34.2. The van der Waals surface area contributed by atoms with Gasteiger partial charge in [-0.2, -0.15) is 0 Å². The van der Waals surface area contributed by atoms with Crippen LogP contribution in [0, 0.1) is 0 Å². The molecule has 0 amide bonds. The van der Waals surface area contributed by atoms with Gasteiger partial charge in [0, 0.05) is 25.2 Å². The Morgan fingerprint density at radius 3 is 2.00 bits per heavy atom. The monoisotopic (exact) mass is 143 g/mol. The van der Waals surface area contributed by atoms with Crippen molar-refractivity contribution >= 4 is 0 Å². The summed E-state index contributed by atoms with van der Waals surface area (Å²) in [5.41, 5.74) is 0. The summed E-state index contributed by atoms with van der Waals surface area (Å²) in [7, 11) is 4.04. The number of piperidine rings is 1. The number of likely N-dealkylation sites (N-methyl/N-ethyl adjacent to an activating group) is 2.